The second-order valence-corrected chi connectivity index (χ2v) is 7.79. The third-order valence-electron chi connectivity index (χ3n) is 5.91. The number of carbonyl (C=O) groups excluding carboxylic acids is 2. The Labute approximate surface area is 183 Å². The van der Waals surface area contributed by atoms with E-state index in [0.29, 0.717) is 38.1 Å². The van der Waals surface area contributed by atoms with Crippen LogP contribution in [0.5, 0.6) is 0 Å². The Morgan fingerprint density at radius 1 is 1.17 bits per heavy atom. The number of ether oxygens (including phenoxy) is 2. The van der Waals surface area contributed by atoms with Gasteiger partial charge in [-0.1, -0.05) is 43.2 Å². The summed E-state index contributed by atoms with van der Waals surface area (Å²) >= 11 is 0. The summed E-state index contributed by atoms with van der Waals surface area (Å²) in [6, 6.07) is 9.17. The maximum absolute atomic E-state index is 13.1. The maximum atomic E-state index is 13.1. The number of rotatable bonds is 8. The Hall–Kier alpha value is -1.44. The maximum Gasteiger partial charge on any atom is 0.343 e. The highest BCUT2D eigenvalue weighted by atomic mass is 79.9. The van der Waals surface area contributed by atoms with Crippen molar-refractivity contribution < 1.29 is 24.2 Å². The number of hydrogen-bond donors (Lipinski definition) is 1. The molecule has 1 unspecified atom stereocenters. The van der Waals surface area contributed by atoms with Gasteiger partial charge in [0.15, 0.2) is 5.60 Å². The molecule has 162 valence electrons. The largest absolute Gasteiger partial charge is 0.466 e. The Kier molecular flexibility index (Phi) is 9.11. The van der Waals surface area contributed by atoms with Crippen molar-refractivity contribution >= 4 is 28.9 Å². The molecule has 1 aromatic carbocycles. The van der Waals surface area contributed by atoms with Gasteiger partial charge in [-0.2, -0.15) is 0 Å². The van der Waals surface area contributed by atoms with Gasteiger partial charge in [-0.3, -0.25) is 9.69 Å². The molecular formula is C22H32BrNO5. The monoisotopic (exact) mass is 469 g/mol. The molecular weight excluding hydrogens is 438 g/mol. The van der Waals surface area contributed by atoms with Crippen molar-refractivity contribution in [1.29, 1.82) is 0 Å². The Bertz CT molecular complexity index is 664. The lowest BCUT2D eigenvalue weighted by Crippen LogP contribution is -2.45. The summed E-state index contributed by atoms with van der Waals surface area (Å²) in [4.78, 5) is 26.7. The summed E-state index contributed by atoms with van der Waals surface area (Å²) in [5.74, 6) is -0.853. The van der Waals surface area contributed by atoms with Gasteiger partial charge in [-0.15, -0.1) is 17.0 Å². The quantitative estimate of drug-likeness (QED) is 0.589. The van der Waals surface area contributed by atoms with E-state index in [0.717, 1.165) is 32.2 Å². The number of halogens is 1. The van der Waals surface area contributed by atoms with Crippen molar-refractivity contribution in [2.24, 2.45) is 5.92 Å². The van der Waals surface area contributed by atoms with E-state index in [1.807, 2.05) is 18.2 Å². The fourth-order valence-electron chi connectivity index (χ4n) is 4.38. The van der Waals surface area contributed by atoms with E-state index in [1.165, 1.54) is 0 Å². The minimum atomic E-state index is -1.59. The zero-order valence-electron chi connectivity index (χ0n) is 17.0. The topological polar surface area (TPSA) is 76.1 Å². The van der Waals surface area contributed by atoms with Gasteiger partial charge in [-0.25, -0.2) is 4.79 Å². The van der Waals surface area contributed by atoms with Crippen molar-refractivity contribution in [3.05, 3.63) is 35.9 Å². The van der Waals surface area contributed by atoms with E-state index >= 15 is 0 Å². The molecule has 0 radical (unpaired) electrons. The Balaban J connectivity index is 0.00000300. The van der Waals surface area contributed by atoms with Crippen LogP contribution in [0.3, 0.4) is 0 Å². The Morgan fingerprint density at radius 2 is 1.86 bits per heavy atom. The molecule has 0 bridgehead atoms. The van der Waals surface area contributed by atoms with Crippen LogP contribution in [0.25, 0.3) is 0 Å². The van der Waals surface area contributed by atoms with Crippen LogP contribution in [0.2, 0.25) is 0 Å². The van der Waals surface area contributed by atoms with Gasteiger partial charge in [0.25, 0.3) is 0 Å². The summed E-state index contributed by atoms with van der Waals surface area (Å²) in [7, 11) is 0. The van der Waals surface area contributed by atoms with Crippen molar-refractivity contribution in [3.63, 3.8) is 0 Å². The van der Waals surface area contributed by atoms with Crippen LogP contribution in [0.15, 0.2) is 30.3 Å². The second kappa shape index (κ2) is 11.1. The van der Waals surface area contributed by atoms with Crippen LogP contribution in [0.1, 0.15) is 51.0 Å². The third-order valence-corrected chi connectivity index (χ3v) is 5.91. The summed E-state index contributed by atoms with van der Waals surface area (Å²) in [5.41, 5.74) is -0.972. The van der Waals surface area contributed by atoms with Gasteiger partial charge in [-0.05, 0) is 31.7 Å². The number of benzene rings is 1. The third kappa shape index (κ3) is 5.80. The van der Waals surface area contributed by atoms with Crippen LogP contribution in [-0.2, 0) is 24.7 Å². The first-order valence-electron chi connectivity index (χ1n) is 10.4. The first-order chi connectivity index (χ1) is 13.5. The van der Waals surface area contributed by atoms with E-state index in [1.54, 1.807) is 19.1 Å². The fraction of sp³-hybridized carbons (Fsp3) is 0.636. The SMILES string of the molecule is Br.CCOC(=O)CCN1CCC(OC(=O)[C@](O)(c2ccccc2)C2CCCC2)C1. The van der Waals surface area contributed by atoms with Crippen LogP contribution in [-0.4, -0.2) is 54.3 Å². The van der Waals surface area contributed by atoms with Gasteiger partial charge >= 0.3 is 11.9 Å². The molecule has 6 nitrogen and oxygen atoms in total. The summed E-state index contributed by atoms with van der Waals surface area (Å²) in [6.45, 7) is 4.13. The Morgan fingerprint density at radius 3 is 2.52 bits per heavy atom. The lowest BCUT2D eigenvalue weighted by molar-refractivity contribution is -0.178. The van der Waals surface area contributed by atoms with Gasteiger partial charge in [0.05, 0.1) is 13.0 Å². The molecule has 0 amide bonds. The summed E-state index contributed by atoms with van der Waals surface area (Å²) in [6.07, 6.45) is 4.50. The van der Waals surface area contributed by atoms with Gasteiger partial charge in [0.2, 0.25) is 0 Å². The van der Waals surface area contributed by atoms with Gasteiger partial charge in [0.1, 0.15) is 6.10 Å². The molecule has 0 spiro atoms. The molecule has 1 heterocycles. The average Bonchev–Trinajstić information content (AvgIpc) is 3.39. The standard InChI is InChI=1S/C22H31NO5.BrH/c1-2-27-20(24)13-15-23-14-12-19(16-23)28-21(25)22(26,18-10-6-7-11-18)17-8-4-3-5-9-17;/h3-5,8-9,18-19,26H,2,6-7,10-16H2,1H3;1H/t19?,22-;/m0./s1. The van der Waals surface area contributed by atoms with Crippen molar-refractivity contribution in [1.82, 2.24) is 4.90 Å². The zero-order valence-corrected chi connectivity index (χ0v) is 18.8. The highest BCUT2D eigenvalue weighted by Crippen LogP contribution is 2.41. The van der Waals surface area contributed by atoms with Crippen molar-refractivity contribution in [2.45, 2.75) is 57.2 Å². The number of hydrogen-bond acceptors (Lipinski definition) is 6. The average molecular weight is 470 g/mol. The first kappa shape index (κ1) is 23.8. The van der Waals surface area contributed by atoms with Crippen LogP contribution < -0.4 is 0 Å². The summed E-state index contributed by atoms with van der Waals surface area (Å²) in [5, 5.41) is 11.5. The molecule has 1 aromatic rings. The zero-order chi connectivity index (χ0) is 20.0. The van der Waals surface area contributed by atoms with Crippen LogP contribution in [0, 0.1) is 5.92 Å². The fourth-order valence-corrected chi connectivity index (χ4v) is 4.38. The highest BCUT2D eigenvalue weighted by molar-refractivity contribution is 8.93. The van der Waals surface area contributed by atoms with Crippen molar-refractivity contribution in [3.8, 4) is 0 Å². The molecule has 1 N–H and O–H groups in total. The molecule has 3 rings (SSSR count). The van der Waals surface area contributed by atoms with E-state index in [2.05, 4.69) is 4.90 Å². The number of carbonyl (C=O) groups is 2. The first-order valence-corrected chi connectivity index (χ1v) is 10.4. The smallest absolute Gasteiger partial charge is 0.343 e. The molecule has 1 aliphatic heterocycles. The number of likely N-dealkylation sites (tertiary alicyclic amines) is 1. The van der Waals surface area contributed by atoms with E-state index in [4.69, 9.17) is 9.47 Å². The number of aliphatic hydroxyl groups is 1. The molecule has 7 heteroatoms. The lowest BCUT2D eigenvalue weighted by atomic mass is 9.80. The molecule has 2 fully saturated rings. The number of nitrogens with zero attached hydrogens (tertiary/aromatic N) is 1. The minimum Gasteiger partial charge on any atom is -0.466 e. The molecule has 0 aromatic heterocycles. The van der Waals surface area contributed by atoms with E-state index < -0.39 is 11.6 Å². The predicted molar refractivity (Wildman–Crippen MR) is 115 cm³/mol. The molecule has 2 atom stereocenters. The highest BCUT2D eigenvalue weighted by Gasteiger charge is 2.48. The van der Waals surface area contributed by atoms with Crippen LogP contribution >= 0.6 is 17.0 Å². The molecule has 2 aliphatic rings. The van der Waals surface area contributed by atoms with E-state index in [9.17, 15) is 14.7 Å². The van der Waals surface area contributed by atoms with Gasteiger partial charge in [0, 0.05) is 25.6 Å². The molecule has 29 heavy (non-hydrogen) atoms. The normalized spacial score (nSPS) is 21.9. The lowest BCUT2D eigenvalue weighted by Gasteiger charge is -2.33. The van der Waals surface area contributed by atoms with Gasteiger partial charge < -0.3 is 14.6 Å². The van der Waals surface area contributed by atoms with E-state index in [-0.39, 0.29) is 35.0 Å². The molecule has 1 saturated heterocycles. The molecule has 1 aliphatic carbocycles. The number of esters is 2. The van der Waals surface area contributed by atoms with Crippen LogP contribution in [0.4, 0.5) is 0 Å². The summed E-state index contributed by atoms with van der Waals surface area (Å²) < 4.78 is 10.7. The minimum absolute atomic E-state index is 0. The molecule has 1 saturated carbocycles. The second-order valence-electron chi connectivity index (χ2n) is 7.79. The predicted octanol–water partition coefficient (Wildman–Crippen LogP) is 3.21. The van der Waals surface area contributed by atoms with Crippen molar-refractivity contribution in [2.75, 3.05) is 26.2 Å².